The van der Waals surface area contributed by atoms with Gasteiger partial charge in [0.1, 0.15) is 5.82 Å². The number of benzene rings is 1. The predicted molar refractivity (Wildman–Crippen MR) is 118 cm³/mol. The van der Waals surface area contributed by atoms with Gasteiger partial charge in [0.15, 0.2) is 5.65 Å². The molecule has 0 bridgehead atoms. The van der Waals surface area contributed by atoms with Crippen LogP contribution >= 0.6 is 0 Å². The Balaban J connectivity index is 1.49. The summed E-state index contributed by atoms with van der Waals surface area (Å²) in [6, 6.07) is 8.16. The van der Waals surface area contributed by atoms with Crippen LogP contribution in [-0.4, -0.2) is 56.6 Å². The molecule has 7 heteroatoms. The Bertz CT molecular complexity index is 1090. The molecule has 158 valence electrons. The number of carbonyl (C=O) groups is 1. The van der Waals surface area contributed by atoms with E-state index in [1.54, 1.807) is 0 Å². The van der Waals surface area contributed by atoms with Crippen molar-refractivity contribution < 1.29 is 4.79 Å². The molecule has 30 heavy (non-hydrogen) atoms. The van der Waals surface area contributed by atoms with E-state index in [4.69, 9.17) is 4.98 Å². The van der Waals surface area contributed by atoms with Crippen LogP contribution in [-0.2, 0) is 4.79 Å². The lowest BCUT2D eigenvalue weighted by molar-refractivity contribution is -0.132. The van der Waals surface area contributed by atoms with Gasteiger partial charge in [-0.05, 0) is 36.8 Å². The Hall–Kier alpha value is -2.70. The molecule has 1 aromatic carbocycles. The first-order chi connectivity index (χ1) is 14.4. The van der Waals surface area contributed by atoms with Crippen molar-refractivity contribution in [1.82, 2.24) is 24.5 Å². The Morgan fingerprint density at radius 3 is 2.63 bits per heavy atom. The van der Waals surface area contributed by atoms with Crippen LogP contribution in [0.3, 0.4) is 0 Å². The quantitative estimate of drug-likeness (QED) is 0.664. The van der Waals surface area contributed by atoms with Crippen molar-refractivity contribution in [3.05, 3.63) is 30.1 Å². The normalized spacial score (nSPS) is 18.2. The van der Waals surface area contributed by atoms with Crippen LogP contribution in [0.4, 0.5) is 5.95 Å². The van der Waals surface area contributed by atoms with E-state index in [9.17, 15) is 4.79 Å². The molecule has 0 N–H and O–H groups in total. The fourth-order valence-corrected chi connectivity index (χ4v) is 4.34. The zero-order chi connectivity index (χ0) is 20.9. The second-order valence-corrected chi connectivity index (χ2v) is 9.88. The number of aromatic nitrogens is 4. The van der Waals surface area contributed by atoms with E-state index in [1.165, 1.54) is 12.8 Å². The van der Waals surface area contributed by atoms with E-state index in [0.29, 0.717) is 12.3 Å². The van der Waals surface area contributed by atoms with Crippen LogP contribution in [0.2, 0.25) is 0 Å². The van der Waals surface area contributed by atoms with Crippen molar-refractivity contribution in [3.63, 3.8) is 0 Å². The Morgan fingerprint density at radius 1 is 1.07 bits per heavy atom. The summed E-state index contributed by atoms with van der Waals surface area (Å²) in [5.74, 6) is 2.69. The highest BCUT2D eigenvalue weighted by Crippen LogP contribution is 2.40. The second-order valence-electron chi connectivity index (χ2n) is 9.88. The number of amides is 1. The highest BCUT2D eigenvalue weighted by Gasteiger charge is 2.32. The van der Waals surface area contributed by atoms with Gasteiger partial charge in [-0.2, -0.15) is 0 Å². The summed E-state index contributed by atoms with van der Waals surface area (Å²) < 4.78 is 2.17. The number of para-hydroxylation sites is 1. The number of nitrogens with zero attached hydrogens (tertiary/aromatic N) is 6. The average Bonchev–Trinajstić information content (AvgIpc) is 3.49. The van der Waals surface area contributed by atoms with Gasteiger partial charge < -0.3 is 9.80 Å². The first-order valence-corrected chi connectivity index (χ1v) is 11.1. The molecular formula is C23H30N6O. The van der Waals surface area contributed by atoms with Gasteiger partial charge in [0.05, 0.1) is 5.52 Å². The lowest BCUT2D eigenvalue weighted by Gasteiger charge is -2.26. The number of hydrogen-bond acceptors (Lipinski definition) is 5. The van der Waals surface area contributed by atoms with E-state index >= 15 is 0 Å². The smallest absolute Gasteiger partial charge is 0.223 e. The van der Waals surface area contributed by atoms with Gasteiger partial charge in [0, 0.05) is 43.9 Å². The zero-order valence-electron chi connectivity index (χ0n) is 18.1. The molecule has 1 saturated heterocycles. The molecule has 1 aliphatic heterocycles. The SMILES string of the molecule is CC(C)(C)CC(=O)N1CCCN(c2nc3ccccc3c3nnc(C4CC4)n23)CC1. The van der Waals surface area contributed by atoms with E-state index in [1.807, 2.05) is 23.1 Å². The van der Waals surface area contributed by atoms with Crippen molar-refractivity contribution in [1.29, 1.82) is 0 Å². The summed E-state index contributed by atoms with van der Waals surface area (Å²) in [4.78, 5) is 22.2. The van der Waals surface area contributed by atoms with Gasteiger partial charge >= 0.3 is 0 Å². The summed E-state index contributed by atoms with van der Waals surface area (Å²) in [6.07, 6.45) is 3.86. The van der Waals surface area contributed by atoms with E-state index < -0.39 is 0 Å². The van der Waals surface area contributed by atoms with Crippen LogP contribution in [0, 0.1) is 5.41 Å². The maximum atomic E-state index is 12.8. The van der Waals surface area contributed by atoms with Crippen molar-refractivity contribution in [2.75, 3.05) is 31.1 Å². The van der Waals surface area contributed by atoms with Crippen LogP contribution in [0.15, 0.2) is 24.3 Å². The van der Waals surface area contributed by atoms with Crippen molar-refractivity contribution in [2.45, 2.75) is 52.4 Å². The van der Waals surface area contributed by atoms with Crippen LogP contribution in [0.5, 0.6) is 0 Å². The number of carbonyl (C=O) groups excluding carboxylic acids is 1. The Kier molecular flexibility index (Phi) is 4.64. The molecule has 2 aromatic heterocycles. The highest BCUT2D eigenvalue weighted by atomic mass is 16.2. The highest BCUT2D eigenvalue weighted by molar-refractivity contribution is 5.92. The molecule has 0 radical (unpaired) electrons. The lowest BCUT2D eigenvalue weighted by atomic mass is 9.91. The summed E-state index contributed by atoms with van der Waals surface area (Å²) in [7, 11) is 0. The molecule has 3 aromatic rings. The summed E-state index contributed by atoms with van der Waals surface area (Å²) in [5.41, 5.74) is 1.85. The first-order valence-electron chi connectivity index (χ1n) is 11.1. The molecular weight excluding hydrogens is 376 g/mol. The molecule has 0 spiro atoms. The van der Waals surface area contributed by atoms with E-state index in [0.717, 1.165) is 60.9 Å². The van der Waals surface area contributed by atoms with Crippen molar-refractivity contribution in [2.24, 2.45) is 5.41 Å². The third-order valence-electron chi connectivity index (χ3n) is 6.01. The van der Waals surface area contributed by atoms with Gasteiger partial charge in [0.25, 0.3) is 0 Å². The molecule has 2 fully saturated rings. The van der Waals surface area contributed by atoms with E-state index in [2.05, 4.69) is 46.3 Å². The summed E-state index contributed by atoms with van der Waals surface area (Å²) >= 11 is 0. The second kappa shape index (κ2) is 7.22. The van der Waals surface area contributed by atoms with Gasteiger partial charge in [-0.15, -0.1) is 10.2 Å². The van der Waals surface area contributed by atoms with Crippen molar-refractivity contribution in [3.8, 4) is 0 Å². The monoisotopic (exact) mass is 406 g/mol. The first kappa shape index (κ1) is 19.3. The molecule has 5 rings (SSSR count). The largest absolute Gasteiger partial charge is 0.341 e. The Morgan fingerprint density at radius 2 is 1.87 bits per heavy atom. The topological polar surface area (TPSA) is 66.6 Å². The molecule has 1 saturated carbocycles. The minimum atomic E-state index is 0.0107. The number of hydrogen-bond donors (Lipinski definition) is 0. The van der Waals surface area contributed by atoms with Gasteiger partial charge in [-0.1, -0.05) is 32.9 Å². The maximum Gasteiger partial charge on any atom is 0.223 e. The van der Waals surface area contributed by atoms with Gasteiger partial charge in [0.2, 0.25) is 11.9 Å². The fourth-order valence-electron chi connectivity index (χ4n) is 4.34. The summed E-state index contributed by atoms with van der Waals surface area (Å²) in [6.45, 7) is 9.55. The Labute approximate surface area is 177 Å². The van der Waals surface area contributed by atoms with Crippen molar-refractivity contribution >= 4 is 28.4 Å². The summed E-state index contributed by atoms with van der Waals surface area (Å²) in [5, 5.41) is 10.1. The standard InChI is InChI=1S/C23H30N6O/c1-23(2,3)15-19(30)27-11-6-12-28(14-13-27)22-24-18-8-5-4-7-17(18)21-26-25-20(29(21)22)16-9-10-16/h4-5,7-8,16H,6,9-15H2,1-3H3. The van der Waals surface area contributed by atoms with Crippen LogP contribution < -0.4 is 4.90 Å². The number of fused-ring (bicyclic) bond motifs is 3. The molecule has 1 amide bonds. The molecule has 2 aliphatic rings. The zero-order valence-corrected chi connectivity index (χ0v) is 18.1. The maximum absolute atomic E-state index is 12.8. The third kappa shape index (κ3) is 3.61. The minimum Gasteiger partial charge on any atom is -0.341 e. The van der Waals surface area contributed by atoms with Crippen LogP contribution in [0.25, 0.3) is 16.6 Å². The minimum absolute atomic E-state index is 0.0107. The number of anilines is 1. The van der Waals surface area contributed by atoms with Crippen LogP contribution in [0.1, 0.15) is 58.2 Å². The molecule has 7 nitrogen and oxygen atoms in total. The van der Waals surface area contributed by atoms with Gasteiger partial charge in [-0.25, -0.2) is 9.38 Å². The molecule has 0 atom stereocenters. The lowest BCUT2D eigenvalue weighted by Crippen LogP contribution is -2.37. The molecule has 0 unspecified atom stereocenters. The predicted octanol–water partition coefficient (Wildman–Crippen LogP) is 3.63. The fraction of sp³-hybridized carbons (Fsp3) is 0.565. The van der Waals surface area contributed by atoms with E-state index in [-0.39, 0.29) is 11.3 Å². The molecule has 1 aliphatic carbocycles. The van der Waals surface area contributed by atoms with Gasteiger partial charge in [-0.3, -0.25) is 4.79 Å². The average molecular weight is 407 g/mol. The molecule has 3 heterocycles. The number of rotatable bonds is 3. The third-order valence-corrected chi connectivity index (χ3v) is 6.01.